The SMILES string of the molecule is COCCN1CCC(CS(O)(O)N2CC[C@@H](NC(=O)c3cc(C4CC4)on3)[C@@H](C)C2)CC1.[HH]. The van der Waals surface area contributed by atoms with Crippen molar-refractivity contribution in [3.05, 3.63) is 17.5 Å². The molecule has 3 fully saturated rings. The number of ether oxygens (including phenoxy) is 1. The van der Waals surface area contributed by atoms with Crippen LogP contribution in [0.2, 0.25) is 0 Å². The van der Waals surface area contributed by atoms with Gasteiger partial charge in [-0.2, -0.15) is 0 Å². The predicted octanol–water partition coefficient (Wildman–Crippen LogP) is 3.26. The molecule has 1 saturated carbocycles. The highest BCUT2D eigenvalue weighted by molar-refractivity contribution is 8.22. The highest BCUT2D eigenvalue weighted by Crippen LogP contribution is 2.48. The number of piperidine rings is 2. The minimum Gasteiger partial charge on any atom is -0.383 e. The van der Waals surface area contributed by atoms with Crippen LogP contribution >= 0.6 is 10.8 Å². The van der Waals surface area contributed by atoms with Gasteiger partial charge in [0, 0.05) is 46.2 Å². The average Bonchev–Trinajstić information content (AvgIpc) is 3.50. The molecule has 9 nitrogen and oxygen atoms in total. The fourth-order valence-electron chi connectivity index (χ4n) is 4.80. The van der Waals surface area contributed by atoms with Crippen LogP contribution in [0.3, 0.4) is 0 Å². The van der Waals surface area contributed by atoms with E-state index in [-0.39, 0.29) is 19.3 Å². The molecule has 0 aromatic carbocycles. The van der Waals surface area contributed by atoms with Gasteiger partial charge in [0.2, 0.25) is 0 Å². The summed E-state index contributed by atoms with van der Waals surface area (Å²) in [5.74, 6) is 1.91. The van der Waals surface area contributed by atoms with Gasteiger partial charge in [-0.15, -0.1) is 10.8 Å². The molecule has 1 aliphatic carbocycles. The minimum atomic E-state index is -2.80. The molecular weight excluding hydrogens is 432 g/mol. The monoisotopic (exact) mass is 472 g/mol. The number of nitrogens with one attached hydrogen (secondary N) is 1. The molecular formula is C22H40N4O5S. The maximum Gasteiger partial charge on any atom is 0.273 e. The van der Waals surface area contributed by atoms with Crippen LogP contribution in [0.5, 0.6) is 0 Å². The molecule has 3 N–H and O–H groups in total. The van der Waals surface area contributed by atoms with Crippen molar-refractivity contribution >= 4 is 16.7 Å². The first-order valence-corrected chi connectivity index (χ1v) is 13.5. The average molecular weight is 473 g/mol. The van der Waals surface area contributed by atoms with Crippen molar-refractivity contribution < 1.29 is 24.6 Å². The van der Waals surface area contributed by atoms with Crippen molar-refractivity contribution in [2.45, 2.75) is 51.0 Å². The smallest absolute Gasteiger partial charge is 0.273 e. The molecule has 0 bridgehead atoms. The summed E-state index contributed by atoms with van der Waals surface area (Å²) in [4.78, 5) is 15.0. The van der Waals surface area contributed by atoms with Crippen molar-refractivity contribution in [2.24, 2.45) is 11.8 Å². The Morgan fingerprint density at radius 1 is 1.28 bits per heavy atom. The van der Waals surface area contributed by atoms with Gasteiger partial charge in [-0.05, 0) is 57.0 Å². The Morgan fingerprint density at radius 3 is 2.69 bits per heavy atom. The largest absolute Gasteiger partial charge is 0.383 e. The number of amides is 1. The molecule has 2 atom stereocenters. The van der Waals surface area contributed by atoms with Gasteiger partial charge in [0.1, 0.15) is 5.76 Å². The quantitative estimate of drug-likeness (QED) is 0.502. The Balaban J connectivity index is 0.00000306. The second-order valence-electron chi connectivity index (χ2n) is 9.70. The zero-order valence-electron chi connectivity index (χ0n) is 19.2. The van der Waals surface area contributed by atoms with Crippen LogP contribution in [-0.4, -0.2) is 87.6 Å². The Kier molecular flexibility index (Phi) is 7.79. The lowest BCUT2D eigenvalue weighted by atomic mass is 9.95. The van der Waals surface area contributed by atoms with Crippen LogP contribution in [-0.2, 0) is 4.74 Å². The lowest BCUT2D eigenvalue weighted by Gasteiger charge is -2.50. The van der Waals surface area contributed by atoms with E-state index in [1.165, 1.54) is 0 Å². The Labute approximate surface area is 193 Å². The molecule has 2 aliphatic heterocycles. The standard InChI is InChI=1S/C22H38N4O5S.H2/c1-16-14-26(32(28,29)15-17-5-8-25(9-6-17)11-12-30-2)10-7-19(16)23-22(27)20-13-21(31-24-20)18-3-4-18;/h13,16-19,28-29H,3-12,14-15H2,1-2H3,(H,23,27);1H/t16-,19+;/m0./s1. The molecule has 1 amide bonds. The molecule has 0 spiro atoms. The van der Waals surface area contributed by atoms with Crippen molar-refractivity contribution in [1.82, 2.24) is 19.7 Å². The molecule has 1 aromatic heterocycles. The lowest BCUT2D eigenvalue weighted by Crippen LogP contribution is -2.51. The normalized spacial score (nSPS) is 26.9. The number of likely N-dealkylation sites (tertiary alicyclic amines) is 1. The summed E-state index contributed by atoms with van der Waals surface area (Å²) < 4.78 is 34.2. The fourth-order valence-corrected chi connectivity index (χ4v) is 6.85. The maximum atomic E-state index is 12.6. The second kappa shape index (κ2) is 10.4. The lowest BCUT2D eigenvalue weighted by molar-refractivity contribution is 0.0889. The van der Waals surface area contributed by atoms with Crippen LogP contribution in [0, 0.1) is 11.8 Å². The van der Waals surface area contributed by atoms with Crippen molar-refractivity contribution in [3.8, 4) is 0 Å². The number of rotatable bonds is 9. The summed E-state index contributed by atoms with van der Waals surface area (Å²) in [5, 5.41) is 7.00. The first-order chi connectivity index (χ1) is 15.4. The van der Waals surface area contributed by atoms with Gasteiger partial charge >= 0.3 is 0 Å². The summed E-state index contributed by atoms with van der Waals surface area (Å²) >= 11 is 0. The highest BCUT2D eigenvalue weighted by atomic mass is 32.3. The molecule has 3 heterocycles. The van der Waals surface area contributed by atoms with E-state index in [2.05, 4.69) is 22.3 Å². The van der Waals surface area contributed by atoms with Crippen LogP contribution < -0.4 is 5.32 Å². The summed E-state index contributed by atoms with van der Waals surface area (Å²) in [7, 11) is -1.08. The number of carbonyl (C=O) groups is 1. The van der Waals surface area contributed by atoms with Gasteiger partial charge in [0.15, 0.2) is 5.69 Å². The zero-order valence-corrected chi connectivity index (χ0v) is 20.1. The van der Waals surface area contributed by atoms with E-state index in [0.29, 0.717) is 42.8 Å². The predicted molar refractivity (Wildman–Crippen MR) is 126 cm³/mol. The van der Waals surface area contributed by atoms with Crippen LogP contribution in [0.25, 0.3) is 0 Å². The Hall–Kier alpha value is -1.17. The number of carbonyl (C=O) groups excluding carboxylic acids is 1. The molecule has 1 aromatic rings. The number of nitrogens with zero attached hydrogens (tertiary/aromatic N) is 3. The first-order valence-electron chi connectivity index (χ1n) is 11.9. The van der Waals surface area contributed by atoms with E-state index in [4.69, 9.17) is 9.26 Å². The van der Waals surface area contributed by atoms with Crippen LogP contribution in [0.4, 0.5) is 0 Å². The van der Waals surface area contributed by atoms with E-state index >= 15 is 0 Å². The first kappa shape index (κ1) is 24.0. The van der Waals surface area contributed by atoms with E-state index in [0.717, 1.165) is 57.7 Å². The third-order valence-corrected chi connectivity index (χ3v) is 9.19. The van der Waals surface area contributed by atoms with Gasteiger partial charge in [0.25, 0.3) is 5.91 Å². The van der Waals surface area contributed by atoms with Gasteiger partial charge in [-0.25, -0.2) is 4.31 Å². The topological polar surface area (TPSA) is 111 Å². The summed E-state index contributed by atoms with van der Waals surface area (Å²) in [5.41, 5.74) is 0.336. The van der Waals surface area contributed by atoms with E-state index in [9.17, 15) is 13.9 Å². The van der Waals surface area contributed by atoms with Crippen molar-refractivity contribution in [3.63, 3.8) is 0 Å². The summed E-state index contributed by atoms with van der Waals surface area (Å²) in [6, 6.07) is 1.74. The molecule has 4 rings (SSSR count). The maximum absolute atomic E-state index is 12.6. The molecule has 3 aliphatic rings. The number of aromatic nitrogens is 1. The Bertz CT molecular complexity index is 770. The summed E-state index contributed by atoms with van der Waals surface area (Å²) in [6.07, 6.45) is 4.87. The fraction of sp³-hybridized carbons (Fsp3) is 0.818. The number of methoxy groups -OCH3 is 1. The van der Waals surface area contributed by atoms with Crippen LogP contribution in [0.1, 0.15) is 62.6 Å². The van der Waals surface area contributed by atoms with Gasteiger partial charge in [0.05, 0.1) is 12.4 Å². The molecule has 10 heteroatoms. The van der Waals surface area contributed by atoms with E-state index in [1.54, 1.807) is 13.2 Å². The summed E-state index contributed by atoms with van der Waals surface area (Å²) in [6.45, 7) is 6.83. The molecule has 0 unspecified atom stereocenters. The number of hydrogen-bond donors (Lipinski definition) is 3. The van der Waals surface area contributed by atoms with Crippen molar-refractivity contribution in [1.29, 1.82) is 0 Å². The van der Waals surface area contributed by atoms with Gasteiger partial charge < -0.3 is 19.5 Å². The number of hydrogen-bond acceptors (Lipinski definition) is 8. The molecule has 2 saturated heterocycles. The minimum absolute atomic E-state index is 0. The highest BCUT2D eigenvalue weighted by Gasteiger charge is 2.36. The molecule has 184 valence electrons. The van der Waals surface area contributed by atoms with Crippen molar-refractivity contribution in [2.75, 3.05) is 52.2 Å². The van der Waals surface area contributed by atoms with Gasteiger partial charge in [-0.1, -0.05) is 12.1 Å². The van der Waals surface area contributed by atoms with Crippen LogP contribution in [0.15, 0.2) is 10.6 Å². The Morgan fingerprint density at radius 2 is 2.03 bits per heavy atom. The second-order valence-corrected chi connectivity index (χ2v) is 11.8. The van der Waals surface area contributed by atoms with Gasteiger partial charge in [-0.3, -0.25) is 13.9 Å². The van der Waals surface area contributed by atoms with E-state index in [1.807, 2.05) is 4.31 Å². The zero-order chi connectivity index (χ0) is 22.7. The molecule has 0 radical (unpaired) electrons. The third-order valence-electron chi connectivity index (χ3n) is 7.12. The third kappa shape index (κ3) is 6.03. The molecule has 32 heavy (non-hydrogen) atoms. The van der Waals surface area contributed by atoms with E-state index < -0.39 is 10.8 Å².